The summed E-state index contributed by atoms with van der Waals surface area (Å²) in [7, 11) is 0. The summed E-state index contributed by atoms with van der Waals surface area (Å²) in [6, 6.07) is 9.28. The minimum Gasteiger partial charge on any atom is -0.385 e. The van der Waals surface area contributed by atoms with Gasteiger partial charge in [0.2, 0.25) is 0 Å². The van der Waals surface area contributed by atoms with Crippen molar-refractivity contribution in [3.8, 4) is 0 Å². The molecular formula is C46H88N2. The van der Waals surface area contributed by atoms with Gasteiger partial charge in [-0.05, 0) is 61.8 Å². The Balaban J connectivity index is 2.49. The van der Waals surface area contributed by atoms with Crippen LogP contribution in [0.2, 0.25) is 0 Å². The number of nitrogens with one attached hydrogen (secondary N) is 2. The van der Waals surface area contributed by atoms with E-state index in [1.165, 1.54) is 217 Å². The number of hydrogen-bond donors (Lipinski definition) is 2. The second-order valence-corrected chi connectivity index (χ2v) is 15.7. The Bertz CT molecular complexity index is 680. The lowest BCUT2D eigenvalue weighted by molar-refractivity contribution is 0.418. The molecule has 282 valence electrons. The molecule has 2 unspecified atom stereocenters. The molecule has 0 bridgehead atoms. The Morgan fingerprint density at radius 3 is 0.750 bits per heavy atom. The van der Waals surface area contributed by atoms with Crippen LogP contribution in [0.15, 0.2) is 24.3 Å². The van der Waals surface area contributed by atoms with E-state index >= 15 is 0 Å². The lowest BCUT2D eigenvalue weighted by Crippen LogP contribution is -2.15. The van der Waals surface area contributed by atoms with E-state index in [0.717, 1.165) is 24.9 Å². The third-order valence-corrected chi connectivity index (χ3v) is 10.9. The molecule has 0 aromatic heterocycles. The van der Waals surface area contributed by atoms with Crippen molar-refractivity contribution in [2.24, 2.45) is 11.8 Å². The van der Waals surface area contributed by atoms with Crippen LogP contribution in [-0.2, 0) is 0 Å². The van der Waals surface area contributed by atoms with Gasteiger partial charge in [-0.3, -0.25) is 0 Å². The summed E-state index contributed by atoms with van der Waals surface area (Å²) >= 11 is 0. The number of hydrogen-bond acceptors (Lipinski definition) is 2. The first-order chi connectivity index (χ1) is 23.7. The standard InChI is InChI=1S/C46H88N2/c1-5-9-13-17-21-23-27-31-35-43(33-29-25-19-15-11-7-3)41-47-45-37-39-46(40-38-45)48-42-44(34-30-26-20-16-12-8-4)36-32-28-24-22-18-14-10-6-2/h37-40,43-44,47-48H,5-36,41-42H2,1-4H3. The molecule has 0 fully saturated rings. The molecule has 2 N–H and O–H groups in total. The van der Waals surface area contributed by atoms with E-state index in [1.807, 2.05) is 0 Å². The van der Waals surface area contributed by atoms with E-state index in [1.54, 1.807) is 0 Å². The summed E-state index contributed by atoms with van der Waals surface area (Å²) in [5.74, 6) is 1.63. The number of rotatable bonds is 38. The van der Waals surface area contributed by atoms with Crippen LogP contribution in [0.5, 0.6) is 0 Å². The molecular weight excluding hydrogens is 581 g/mol. The molecule has 1 rings (SSSR count). The predicted octanol–water partition coefficient (Wildman–Crippen LogP) is 16.3. The highest BCUT2D eigenvalue weighted by Crippen LogP contribution is 2.23. The average molecular weight is 669 g/mol. The Kier molecular flexibility index (Phi) is 33.3. The molecule has 0 radical (unpaired) electrons. The summed E-state index contributed by atoms with van der Waals surface area (Å²) in [6.07, 6.45) is 45.2. The molecule has 2 heteroatoms. The van der Waals surface area contributed by atoms with E-state index < -0.39 is 0 Å². The van der Waals surface area contributed by atoms with E-state index in [0.29, 0.717) is 0 Å². The number of benzene rings is 1. The third kappa shape index (κ3) is 28.6. The molecule has 1 aromatic carbocycles. The summed E-state index contributed by atoms with van der Waals surface area (Å²) in [5, 5.41) is 7.70. The smallest absolute Gasteiger partial charge is 0.0341 e. The van der Waals surface area contributed by atoms with Gasteiger partial charge in [-0.1, -0.05) is 207 Å². The van der Waals surface area contributed by atoms with Crippen LogP contribution in [0.25, 0.3) is 0 Å². The van der Waals surface area contributed by atoms with Crippen LogP contribution in [-0.4, -0.2) is 13.1 Å². The molecule has 1 aromatic rings. The van der Waals surface area contributed by atoms with Crippen LogP contribution in [0.3, 0.4) is 0 Å². The molecule has 0 aliphatic rings. The molecule has 0 aliphatic carbocycles. The van der Waals surface area contributed by atoms with Gasteiger partial charge in [0.15, 0.2) is 0 Å². The fraction of sp³-hybridized carbons (Fsp3) is 0.870. The first-order valence-corrected chi connectivity index (χ1v) is 22.3. The Morgan fingerprint density at radius 2 is 0.521 bits per heavy atom. The van der Waals surface area contributed by atoms with E-state index in [2.05, 4.69) is 62.6 Å². The second kappa shape index (κ2) is 35.6. The minimum atomic E-state index is 0.813. The van der Waals surface area contributed by atoms with Crippen molar-refractivity contribution < 1.29 is 0 Å². The Labute approximate surface area is 303 Å². The molecule has 2 nitrogen and oxygen atoms in total. The van der Waals surface area contributed by atoms with Crippen LogP contribution in [0.1, 0.15) is 233 Å². The van der Waals surface area contributed by atoms with Crippen molar-refractivity contribution in [1.82, 2.24) is 0 Å². The van der Waals surface area contributed by atoms with Crippen molar-refractivity contribution in [1.29, 1.82) is 0 Å². The largest absolute Gasteiger partial charge is 0.385 e. The Hall–Kier alpha value is -1.18. The van der Waals surface area contributed by atoms with Crippen LogP contribution >= 0.6 is 0 Å². The van der Waals surface area contributed by atoms with Gasteiger partial charge >= 0.3 is 0 Å². The average Bonchev–Trinajstić information content (AvgIpc) is 3.11. The van der Waals surface area contributed by atoms with Crippen LogP contribution in [0.4, 0.5) is 11.4 Å². The summed E-state index contributed by atoms with van der Waals surface area (Å²) in [5.41, 5.74) is 2.60. The first kappa shape index (κ1) is 44.8. The highest BCUT2D eigenvalue weighted by molar-refractivity contribution is 5.53. The maximum absolute atomic E-state index is 3.85. The quantitative estimate of drug-likeness (QED) is 0.0685. The van der Waals surface area contributed by atoms with Gasteiger partial charge in [-0.25, -0.2) is 0 Å². The molecule has 0 heterocycles. The maximum Gasteiger partial charge on any atom is 0.0341 e. The summed E-state index contributed by atoms with van der Waals surface area (Å²) < 4.78 is 0. The monoisotopic (exact) mass is 669 g/mol. The van der Waals surface area contributed by atoms with Crippen molar-refractivity contribution in [2.45, 2.75) is 233 Å². The van der Waals surface area contributed by atoms with Crippen molar-refractivity contribution >= 4 is 11.4 Å². The van der Waals surface area contributed by atoms with Crippen molar-refractivity contribution in [3.63, 3.8) is 0 Å². The topological polar surface area (TPSA) is 24.1 Å². The number of anilines is 2. The fourth-order valence-corrected chi connectivity index (χ4v) is 7.49. The van der Waals surface area contributed by atoms with E-state index in [-0.39, 0.29) is 0 Å². The highest BCUT2D eigenvalue weighted by atomic mass is 14.9. The van der Waals surface area contributed by atoms with Gasteiger partial charge in [0.05, 0.1) is 0 Å². The second-order valence-electron chi connectivity index (χ2n) is 15.7. The first-order valence-electron chi connectivity index (χ1n) is 22.3. The lowest BCUT2D eigenvalue weighted by Gasteiger charge is -2.20. The van der Waals surface area contributed by atoms with E-state index in [9.17, 15) is 0 Å². The predicted molar refractivity (Wildman–Crippen MR) is 221 cm³/mol. The van der Waals surface area contributed by atoms with Crippen LogP contribution < -0.4 is 10.6 Å². The van der Waals surface area contributed by atoms with E-state index in [4.69, 9.17) is 0 Å². The van der Waals surface area contributed by atoms with Gasteiger partial charge < -0.3 is 10.6 Å². The zero-order valence-corrected chi connectivity index (χ0v) is 33.5. The van der Waals surface area contributed by atoms with Gasteiger partial charge in [0.1, 0.15) is 0 Å². The summed E-state index contributed by atoms with van der Waals surface area (Å²) in [6.45, 7) is 11.5. The maximum atomic E-state index is 3.85. The van der Waals surface area contributed by atoms with Gasteiger partial charge in [0, 0.05) is 24.5 Å². The van der Waals surface area contributed by atoms with Gasteiger partial charge in [-0.2, -0.15) is 0 Å². The van der Waals surface area contributed by atoms with Crippen molar-refractivity contribution in [3.05, 3.63) is 24.3 Å². The SMILES string of the molecule is CCCCCCCCCCC(CCCCCCCC)CNc1ccc(NCC(CCCCCCCC)CCCCCCCCCC)cc1. The molecule has 48 heavy (non-hydrogen) atoms. The molecule has 0 amide bonds. The minimum absolute atomic E-state index is 0.813. The highest BCUT2D eigenvalue weighted by Gasteiger charge is 2.11. The lowest BCUT2D eigenvalue weighted by atomic mass is 9.93. The number of unbranched alkanes of at least 4 members (excludes halogenated alkanes) is 24. The molecule has 2 atom stereocenters. The molecule has 0 saturated heterocycles. The van der Waals surface area contributed by atoms with Crippen LogP contribution in [0, 0.1) is 11.8 Å². The van der Waals surface area contributed by atoms with Gasteiger partial charge in [0.25, 0.3) is 0 Å². The van der Waals surface area contributed by atoms with Gasteiger partial charge in [-0.15, -0.1) is 0 Å². The summed E-state index contributed by atoms with van der Waals surface area (Å²) in [4.78, 5) is 0. The van der Waals surface area contributed by atoms with Crippen molar-refractivity contribution in [2.75, 3.05) is 23.7 Å². The normalized spacial score (nSPS) is 12.8. The zero-order valence-electron chi connectivity index (χ0n) is 33.5. The third-order valence-electron chi connectivity index (χ3n) is 10.9. The Morgan fingerprint density at radius 1 is 0.312 bits per heavy atom. The zero-order chi connectivity index (χ0) is 34.6. The molecule has 0 spiro atoms. The molecule has 0 saturated carbocycles. The fourth-order valence-electron chi connectivity index (χ4n) is 7.49. The molecule has 0 aliphatic heterocycles.